The number of halogens is 3. The Labute approximate surface area is 178 Å². The topological polar surface area (TPSA) is 57.8 Å². The minimum Gasteiger partial charge on any atom is -0.321 e. The first-order valence-corrected chi connectivity index (χ1v) is 9.46. The van der Waals surface area contributed by atoms with E-state index in [1.165, 1.54) is 12.1 Å². The Hall–Kier alpha value is -3.79. The van der Waals surface area contributed by atoms with E-state index < -0.39 is 17.6 Å². The van der Waals surface area contributed by atoms with Crippen molar-refractivity contribution in [1.82, 2.24) is 4.57 Å². The van der Waals surface area contributed by atoms with E-state index in [-0.39, 0.29) is 5.57 Å². The molecular weight excluding hydrogens is 403 g/mol. The van der Waals surface area contributed by atoms with Crippen LogP contribution in [0.5, 0.6) is 0 Å². The fourth-order valence-corrected chi connectivity index (χ4v) is 3.29. The molecule has 0 aliphatic carbocycles. The van der Waals surface area contributed by atoms with Crippen molar-refractivity contribution in [3.05, 3.63) is 88.2 Å². The van der Waals surface area contributed by atoms with Crippen LogP contribution in [0.15, 0.2) is 60.2 Å². The maximum absolute atomic E-state index is 13.1. The van der Waals surface area contributed by atoms with Crippen LogP contribution in [-0.2, 0) is 11.0 Å². The molecule has 1 amide bonds. The summed E-state index contributed by atoms with van der Waals surface area (Å²) in [5, 5.41) is 12.2. The number of carbonyl (C=O) groups is 1. The number of rotatable bonds is 4. The number of amides is 1. The fraction of sp³-hybridized carbons (Fsp3) is 0.167. The number of alkyl halides is 3. The van der Waals surface area contributed by atoms with Crippen LogP contribution in [0.25, 0.3) is 11.8 Å². The number of aromatic nitrogens is 1. The minimum absolute atomic E-state index is 0.107. The Morgan fingerprint density at radius 1 is 1.06 bits per heavy atom. The lowest BCUT2D eigenvalue weighted by molar-refractivity contribution is -0.137. The number of nitrogens with one attached hydrogen (secondary N) is 1. The highest BCUT2D eigenvalue weighted by atomic mass is 19.4. The van der Waals surface area contributed by atoms with Crippen molar-refractivity contribution in [1.29, 1.82) is 5.26 Å². The zero-order valence-electron chi connectivity index (χ0n) is 17.2. The number of nitrogens with zero attached hydrogens (tertiary/aromatic N) is 2. The molecule has 0 aliphatic heterocycles. The van der Waals surface area contributed by atoms with E-state index >= 15 is 0 Å². The van der Waals surface area contributed by atoms with Crippen LogP contribution < -0.4 is 5.32 Å². The summed E-state index contributed by atoms with van der Waals surface area (Å²) in [6, 6.07) is 15.8. The van der Waals surface area contributed by atoms with Crippen LogP contribution in [0, 0.1) is 32.1 Å². The maximum atomic E-state index is 13.1. The van der Waals surface area contributed by atoms with E-state index in [4.69, 9.17) is 0 Å². The van der Waals surface area contributed by atoms with Crippen LogP contribution in [-0.4, -0.2) is 10.5 Å². The SMILES string of the molecule is Cc1ccc(NC(=O)/C(C#N)=C\c2cc(C)n(-c3cccc(C(F)(F)F)c3)c2C)cc1. The smallest absolute Gasteiger partial charge is 0.321 e. The summed E-state index contributed by atoms with van der Waals surface area (Å²) in [7, 11) is 0. The molecule has 158 valence electrons. The van der Waals surface area contributed by atoms with E-state index in [0.717, 1.165) is 17.7 Å². The summed E-state index contributed by atoms with van der Waals surface area (Å²) in [6.45, 7) is 5.40. The number of nitriles is 1. The van der Waals surface area contributed by atoms with Gasteiger partial charge in [-0.05, 0) is 68.8 Å². The lowest BCUT2D eigenvalue weighted by Gasteiger charge is -2.13. The van der Waals surface area contributed by atoms with Crippen LogP contribution in [0.1, 0.15) is 28.1 Å². The number of carbonyl (C=O) groups excluding carboxylic acids is 1. The van der Waals surface area contributed by atoms with Crippen molar-refractivity contribution >= 4 is 17.7 Å². The molecule has 31 heavy (non-hydrogen) atoms. The van der Waals surface area contributed by atoms with Gasteiger partial charge in [0, 0.05) is 22.8 Å². The van der Waals surface area contributed by atoms with Gasteiger partial charge in [-0.2, -0.15) is 18.4 Å². The Balaban J connectivity index is 1.95. The first-order valence-electron chi connectivity index (χ1n) is 9.46. The maximum Gasteiger partial charge on any atom is 0.416 e. The second-order valence-corrected chi connectivity index (χ2v) is 7.20. The molecule has 0 fully saturated rings. The molecule has 0 bridgehead atoms. The Bertz CT molecular complexity index is 1200. The van der Waals surface area contributed by atoms with E-state index in [1.54, 1.807) is 42.7 Å². The molecule has 3 aromatic rings. The van der Waals surface area contributed by atoms with Gasteiger partial charge in [-0.15, -0.1) is 0 Å². The molecule has 0 saturated carbocycles. The van der Waals surface area contributed by atoms with Gasteiger partial charge in [-0.25, -0.2) is 0 Å². The monoisotopic (exact) mass is 423 g/mol. The van der Waals surface area contributed by atoms with Crippen molar-refractivity contribution in [3.63, 3.8) is 0 Å². The average molecular weight is 423 g/mol. The predicted molar refractivity (Wildman–Crippen MR) is 114 cm³/mol. The van der Waals surface area contributed by atoms with Crippen molar-refractivity contribution in [3.8, 4) is 11.8 Å². The molecule has 0 unspecified atom stereocenters. The highest BCUT2D eigenvalue weighted by molar-refractivity contribution is 6.09. The number of aryl methyl sites for hydroxylation is 2. The standard InChI is InChI=1S/C24H20F3N3O/c1-15-7-9-21(10-8-15)29-23(31)19(14-28)12-18-11-16(2)30(17(18)3)22-6-4-5-20(13-22)24(25,26)27/h4-13H,1-3H3,(H,29,31)/b19-12-. The van der Waals surface area contributed by atoms with Crippen LogP contribution in [0.4, 0.5) is 18.9 Å². The normalized spacial score (nSPS) is 11.8. The highest BCUT2D eigenvalue weighted by Gasteiger charge is 2.30. The largest absolute Gasteiger partial charge is 0.416 e. The third-order valence-electron chi connectivity index (χ3n) is 4.88. The third-order valence-corrected chi connectivity index (χ3v) is 4.88. The van der Waals surface area contributed by atoms with Gasteiger partial charge >= 0.3 is 6.18 Å². The van der Waals surface area contributed by atoms with Gasteiger partial charge in [0.2, 0.25) is 0 Å². The number of hydrogen-bond donors (Lipinski definition) is 1. The molecule has 0 atom stereocenters. The van der Waals surface area contributed by atoms with E-state index in [9.17, 15) is 23.2 Å². The molecule has 0 spiro atoms. The molecule has 1 N–H and O–H groups in total. The molecule has 4 nitrogen and oxygen atoms in total. The highest BCUT2D eigenvalue weighted by Crippen LogP contribution is 2.31. The zero-order valence-corrected chi connectivity index (χ0v) is 17.2. The first-order chi connectivity index (χ1) is 14.6. The Morgan fingerprint density at radius 2 is 1.74 bits per heavy atom. The summed E-state index contributed by atoms with van der Waals surface area (Å²) < 4.78 is 41.0. The summed E-state index contributed by atoms with van der Waals surface area (Å²) in [5.74, 6) is -0.560. The zero-order chi connectivity index (χ0) is 22.8. The van der Waals surface area contributed by atoms with Gasteiger partial charge in [-0.1, -0.05) is 23.8 Å². The third kappa shape index (κ3) is 4.86. The van der Waals surface area contributed by atoms with Gasteiger partial charge in [0.1, 0.15) is 11.6 Å². The van der Waals surface area contributed by atoms with Gasteiger partial charge in [-0.3, -0.25) is 4.79 Å². The Morgan fingerprint density at radius 3 is 2.35 bits per heavy atom. The van der Waals surface area contributed by atoms with Crippen LogP contribution in [0.3, 0.4) is 0 Å². The minimum atomic E-state index is -4.45. The van der Waals surface area contributed by atoms with Gasteiger partial charge in [0.25, 0.3) is 5.91 Å². The molecule has 1 aromatic heterocycles. The van der Waals surface area contributed by atoms with Gasteiger partial charge < -0.3 is 9.88 Å². The van der Waals surface area contributed by atoms with Crippen LogP contribution >= 0.6 is 0 Å². The van der Waals surface area contributed by atoms with E-state index in [2.05, 4.69) is 5.32 Å². The molecule has 0 saturated heterocycles. The molecule has 1 heterocycles. The average Bonchev–Trinajstić information content (AvgIpc) is 3.00. The van der Waals surface area contributed by atoms with E-state index in [0.29, 0.717) is 28.3 Å². The van der Waals surface area contributed by atoms with E-state index in [1.807, 2.05) is 25.1 Å². The fourth-order valence-electron chi connectivity index (χ4n) is 3.29. The quantitative estimate of drug-likeness (QED) is 0.415. The summed E-state index contributed by atoms with van der Waals surface area (Å²) >= 11 is 0. The lowest BCUT2D eigenvalue weighted by atomic mass is 10.1. The van der Waals surface area contributed by atoms with Crippen molar-refractivity contribution in [2.75, 3.05) is 5.32 Å². The lowest BCUT2D eigenvalue weighted by Crippen LogP contribution is -2.13. The molecule has 3 rings (SSSR count). The van der Waals surface area contributed by atoms with Crippen LogP contribution in [0.2, 0.25) is 0 Å². The number of benzene rings is 2. The molecular formula is C24H20F3N3O. The summed E-state index contributed by atoms with van der Waals surface area (Å²) in [6.07, 6.45) is -3.01. The molecule has 0 radical (unpaired) electrons. The van der Waals surface area contributed by atoms with Crippen molar-refractivity contribution in [2.24, 2.45) is 0 Å². The number of anilines is 1. The van der Waals surface area contributed by atoms with Crippen molar-refractivity contribution < 1.29 is 18.0 Å². The second-order valence-electron chi connectivity index (χ2n) is 7.20. The summed E-state index contributed by atoms with van der Waals surface area (Å²) in [5.41, 5.74) is 2.97. The molecule has 0 aliphatic rings. The number of hydrogen-bond acceptors (Lipinski definition) is 2. The van der Waals surface area contributed by atoms with Crippen molar-refractivity contribution in [2.45, 2.75) is 26.9 Å². The van der Waals surface area contributed by atoms with Gasteiger partial charge in [0.15, 0.2) is 0 Å². The van der Waals surface area contributed by atoms with Gasteiger partial charge in [0.05, 0.1) is 5.56 Å². The second kappa shape index (κ2) is 8.52. The Kier molecular flexibility index (Phi) is 6.02. The first kappa shape index (κ1) is 21.9. The molecule has 2 aromatic carbocycles. The summed E-state index contributed by atoms with van der Waals surface area (Å²) in [4.78, 5) is 12.5. The predicted octanol–water partition coefficient (Wildman–Crippen LogP) is 5.97. The molecule has 7 heteroatoms.